The number of benzene rings is 1. The zero-order valence-electron chi connectivity index (χ0n) is 20.2. The van der Waals surface area contributed by atoms with Gasteiger partial charge in [0.1, 0.15) is 11.3 Å². The third-order valence-electron chi connectivity index (χ3n) is 5.76. The largest absolute Gasteiger partial charge is 0.439 e. The van der Waals surface area contributed by atoms with Crippen molar-refractivity contribution in [1.29, 1.82) is 0 Å². The van der Waals surface area contributed by atoms with E-state index < -0.39 is 0 Å². The van der Waals surface area contributed by atoms with Gasteiger partial charge in [0.2, 0.25) is 11.8 Å². The second-order valence-electron chi connectivity index (χ2n) is 8.00. The molecule has 3 heterocycles. The Morgan fingerprint density at radius 2 is 2.03 bits per heavy atom. The quantitative estimate of drug-likeness (QED) is 0.328. The average molecular weight is 479 g/mol. The Morgan fingerprint density at radius 3 is 2.74 bits per heavy atom. The Hall–Kier alpha value is -3.99. The number of amides is 1. The van der Waals surface area contributed by atoms with Crippen molar-refractivity contribution in [1.82, 2.24) is 29.7 Å². The van der Waals surface area contributed by atoms with Gasteiger partial charge in [0.15, 0.2) is 17.3 Å². The topological polar surface area (TPSA) is 137 Å². The van der Waals surface area contributed by atoms with Gasteiger partial charge in [0.05, 0.1) is 11.7 Å². The lowest BCUT2D eigenvalue weighted by Crippen LogP contribution is -2.25. The Balaban J connectivity index is 1.46. The fourth-order valence-electron chi connectivity index (χ4n) is 3.90. The molecule has 1 aromatic carbocycles. The van der Waals surface area contributed by atoms with Gasteiger partial charge < -0.3 is 25.3 Å². The van der Waals surface area contributed by atoms with Crippen LogP contribution in [0.5, 0.6) is 11.6 Å². The summed E-state index contributed by atoms with van der Waals surface area (Å²) in [6.07, 6.45) is 2.91. The summed E-state index contributed by atoms with van der Waals surface area (Å²) in [5.74, 6) is 1.66. The Morgan fingerprint density at radius 1 is 1.20 bits per heavy atom. The number of hydrogen-bond acceptors (Lipinski definition) is 9. The number of nitrogen functional groups attached to an aromatic ring is 1. The maximum Gasteiger partial charge on any atom is 0.224 e. The van der Waals surface area contributed by atoms with E-state index >= 15 is 0 Å². The van der Waals surface area contributed by atoms with Crippen LogP contribution < -0.4 is 15.8 Å². The maximum atomic E-state index is 12.4. The van der Waals surface area contributed by atoms with Crippen LogP contribution in [0.1, 0.15) is 33.6 Å². The van der Waals surface area contributed by atoms with Crippen molar-refractivity contribution in [3.8, 4) is 23.1 Å². The minimum atomic E-state index is -0.0187. The van der Waals surface area contributed by atoms with Crippen LogP contribution in [0, 0.1) is 0 Å². The first-order valence-corrected chi connectivity index (χ1v) is 11.8. The van der Waals surface area contributed by atoms with Gasteiger partial charge >= 0.3 is 0 Å². The first-order chi connectivity index (χ1) is 17.0. The molecule has 0 fully saturated rings. The summed E-state index contributed by atoms with van der Waals surface area (Å²) in [6, 6.07) is 9.05. The maximum absolute atomic E-state index is 12.4. The van der Waals surface area contributed by atoms with Crippen molar-refractivity contribution in [2.45, 2.75) is 40.2 Å². The van der Waals surface area contributed by atoms with E-state index in [1.165, 1.54) is 0 Å². The predicted octanol–water partition coefficient (Wildman–Crippen LogP) is 3.94. The van der Waals surface area contributed by atoms with E-state index in [9.17, 15) is 4.79 Å². The summed E-state index contributed by atoms with van der Waals surface area (Å²) in [4.78, 5) is 23.6. The number of nitrogens with zero attached hydrogens (tertiary/aromatic N) is 6. The highest BCUT2D eigenvalue weighted by Crippen LogP contribution is 2.29. The number of aromatic nitrogens is 5. The van der Waals surface area contributed by atoms with Gasteiger partial charge in [-0.05, 0) is 55.4 Å². The molecule has 3 aromatic heterocycles. The molecule has 11 nitrogen and oxygen atoms in total. The van der Waals surface area contributed by atoms with Gasteiger partial charge in [-0.3, -0.25) is 4.79 Å². The highest BCUT2D eigenvalue weighted by atomic mass is 16.6. The number of hydrogen-bond donors (Lipinski definition) is 2. The van der Waals surface area contributed by atoms with Crippen LogP contribution in [0.4, 0.5) is 11.5 Å². The fraction of sp³-hybridized carbons (Fsp3) is 0.375. The lowest BCUT2D eigenvalue weighted by molar-refractivity contribution is -0.116. The molecule has 0 saturated carbocycles. The van der Waals surface area contributed by atoms with Crippen LogP contribution in [0.2, 0.25) is 0 Å². The van der Waals surface area contributed by atoms with E-state index in [0.717, 1.165) is 31.6 Å². The van der Waals surface area contributed by atoms with Crippen molar-refractivity contribution in [3.63, 3.8) is 0 Å². The molecule has 4 rings (SSSR count). The minimum Gasteiger partial charge on any atom is -0.439 e. The number of imidazole rings is 1. The van der Waals surface area contributed by atoms with Crippen LogP contribution in [0.15, 0.2) is 41.2 Å². The first-order valence-electron chi connectivity index (χ1n) is 11.8. The molecular formula is C24H30N8O3. The van der Waals surface area contributed by atoms with Gasteiger partial charge in [-0.1, -0.05) is 19.9 Å². The summed E-state index contributed by atoms with van der Waals surface area (Å²) >= 11 is 0. The number of carbonyl (C=O) groups is 1. The molecule has 4 aromatic rings. The molecule has 0 aliphatic carbocycles. The number of pyridine rings is 1. The monoisotopic (exact) mass is 478 g/mol. The van der Waals surface area contributed by atoms with Crippen LogP contribution >= 0.6 is 0 Å². The molecule has 184 valence electrons. The van der Waals surface area contributed by atoms with Crippen molar-refractivity contribution < 1.29 is 14.2 Å². The fourth-order valence-corrected chi connectivity index (χ4v) is 3.90. The first kappa shape index (κ1) is 24.1. The van der Waals surface area contributed by atoms with Gasteiger partial charge in [-0.15, -0.1) is 0 Å². The number of nitrogens with two attached hydrogens (primary N) is 1. The van der Waals surface area contributed by atoms with Crippen LogP contribution in [-0.2, 0) is 11.3 Å². The average Bonchev–Trinajstić information content (AvgIpc) is 3.44. The molecule has 0 spiro atoms. The summed E-state index contributed by atoms with van der Waals surface area (Å²) in [6.45, 7) is 9.75. The van der Waals surface area contributed by atoms with E-state index in [1.807, 2.05) is 29.7 Å². The highest BCUT2D eigenvalue weighted by molar-refractivity contribution is 5.90. The molecule has 0 bridgehead atoms. The Labute approximate surface area is 203 Å². The predicted molar refractivity (Wildman–Crippen MR) is 133 cm³/mol. The highest BCUT2D eigenvalue weighted by Gasteiger charge is 2.19. The summed E-state index contributed by atoms with van der Waals surface area (Å²) < 4.78 is 12.7. The number of fused-ring (bicyclic) bond motifs is 1. The second-order valence-corrected chi connectivity index (χ2v) is 8.00. The Bertz CT molecular complexity index is 1300. The van der Waals surface area contributed by atoms with Crippen molar-refractivity contribution in [2.24, 2.45) is 0 Å². The van der Waals surface area contributed by atoms with Gasteiger partial charge in [0, 0.05) is 30.8 Å². The number of anilines is 2. The van der Waals surface area contributed by atoms with Gasteiger partial charge in [0.25, 0.3) is 0 Å². The number of rotatable bonds is 11. The smallest absolute Gasteiger partial charge is 0.224 e. The lowest BCUT2D eigenvalue weighted by Gasteiger charge is -2.17. The van der Waals surface area contributed by atoms with Crippen molar-refractivity contribution >= 4 is 28.4 Å². The van der Waals surface area contributed by atoms with E-state index in [0.29, 0.717) is 47.3 Å². The van der Waals surface area contributed by atoms with Crippen LogP contribution in [-0.4, -0.2) is 55.3 Å². The van der Waals surface area contributed by atoms with Crippen LogP contribution in [0.25, 0.3) is 22.6 Å². The summed E-state index contributed by atoms with van der Waals surface area (Å²) in [7, 11) is 0. The van der Waals surface area contributed by atoms with E-state index in [-0.39, 0.29) is 11.7 Å². The molecule has 0 aliphatic heterocycles. The van der Waals surface area contributed by atoms with E-state index in [1.54, 1.807) is 18.3 Å². The van der Waals surface area contributed by atoms with Crippen molar-refractivity contribution in [2.75, 3.05) is 30.7 Å². The molecular weight excluding hydrogens is 448 g/mol. The van der Waals surface area contributed by atoms with Crippen molar-refractivity contribution in [3.05, 3.63) is 36.5 Å². The molecule has 3 N–H and O–H groups in total. The van der Waals surface area contributed by atoms with Gasteiger partial charge in [-0.25, -0.2) is 14.6 Å². The van der Waals surface area contributed by atoms with E-state index in [2.05, 4.69) is 44.3 Å². The molecule has 11 heteroatoms. The molecule has 35 heavy (non-hydrogen) atoms. The number of aryl methyl sites for hydroxylation is 1. The summed E-state index contributed by atoms with van der Waals surface area (Å²) in [5, 5.41) is 10.4. The third kappa shape index (κ3) is 5.57. The standard InChI is InChI=1S/C24H30N8O3/c1-4-31(5-2)12-8-11-20(33)27-16-9-7-10-17(13-16)34-21-14-19-18(15-26-21)28-24(32(19)6-3)22-23(25)30-35-29-22/h7,9-10,13-15H,4-6,8,11-12H2,1-3H3,(H2,25,30)(H,27,33). The number of carbonyl (C=O) groups excluding carboxylic acids is 1. The van der Waals surface area contributed by atoms with Gasteiger partial charge in [-0.2, -0.15) is 0 Å². The SMILES string of the molecule is CCN(CC)CCCC(=O)Nc1cccc(Oc2cc3c(cn2)nc(-c2nonc2N)n3CC)c1. The summed E-state index contributed by atoms with van der Waals surface area (Å²) in [5.41, 5.74) is 8.39. The number of nitrogens with one attached hydrogen (secondary N) is 1. The molecule has 0 unspecified atom stereocenters. The Kier molecular flexibility index (Phi) is 7.56. The number of ether oxygens (including phenoxy) is 1. The zero-order valence-corrected chi connectivity index (χ0v) is 20.2. The molecule has 0 saturated heterocycles. The molecule has 0 radical (unpaired) electrons. The normalized spacial score (nSPS) is 11.3. The minimum absolute atomic E-state index is 0.0187. The second kappa shape index (κ2) is 11.0. The zero-order chi connectivity index (χ0) is 24.8. The van der Waals surface area contributed by atoms with Crippen LogP contribution in [0.3, 0.4) is 0 Å². The molecule has 0 atom stereocenters. The third-order valence-corrected chi connectivity index (χ3v) is 5.76. The molecule has 1 amide bonds. The molecule has 0 aliphatic rings. The van der Waals surface area contributed by atoms with E-state index in [4.69, 9.17) is 15.1 Å². The lowest BCUT2D eigenvalue weighted by atomic mass is 10.2.